The summed E-state index contributed by atoms with van der Waals surface area (Å²) in [6.07, 6.45) is 0. The number of likely N-dealkylation sites (N-methyl/N-ethyl adjacent to an activating group) is 1. The third kappa shape index (κ3) is 2.79. The average Bonchev–Trinajstić information content (AvgIpc) is 2.49. The smallest absolute Gasteiger partial charge is 0.123 e. The Balaban J connectivity index is 2.36. The number of para-hydroxylation sites is 1. The van der Waals surface area contributed by atoms with Crippen LogP contribution in [0.2, 0.25) is 0 Å². The summed E-state index contributed by atoms with van der Waals surface area (Å²) in [4.78, 5) is 1.95. The molecule has 2 aromatic rings. The van der Waals surface area contributed by atoms with Crippen molar-refractivity contribution in [3.05, 3.63) is 65.5 Å². The number of hydrogen-bond donors (Lipinski definition) is 1. The molecule has 1 unspecified atom stereocenters. The molecule has 0 spiro atoms. The van der Waals surface area contributed by atoms with Crippen LogP contribution in [0.25, 0.3) is 0 Å². The van der Waals surface area contributed by atoms with E-state index in [1.807, 2.05) is 30.1 Å². The van der Waals surface area contributed by atoms with Crippen LogP contribution in [-0.2, 0) is 0 Å². The van der Waals surface area contributed by atoms with Crippen LogP contribution in [-0.4, -0.2) is 13.6 Å². The zero-order valence-electron chi connectivity index (χ0n) is 11.3. The summed E-state index contributed by atoms with van der Waals surface area (Å²) in [5.74, 6) is -0.274. The van der Waals surface area contributed by atoms with Crippen molar-refractivity contribution < 1.29 is 4.39 Å². The molecule has 4 heteroatoms. The Hall–Kier alpha value is -2.38. The molecular formula is C16H16FN3. The van der Waals surface area contributed by atoms with E-state index in [2.05, 4.69) is 6.07 Å². The first-order chi connectivity index (χ1) is 9.67. The first-order valence-corrected chi connectivity index (χ1v) is 6.35. The fourth-order valence-corrected chi connectivity index (χ4v) is 2.25. The van der Waals surface area contributed by atoms with Crippen molar-refractivity contribution in [2.75, 3.05) is 18.5 Å². The van der Waals surface area contributed by atoms with E-state index in [0.717, 1.165) is 11.3 Å². The lowest BCUT2D eigenvalue weighted by Gasteiger charge is -2.30. The predicted octanol–water partition coefficient (Wildman–Crippen LogP) is 2.83. The van der Waals surface area contributed by atoms with Gasteiger partial charge in [-0.2, -0.15) is 5.26 Å². The van der Waals surface area contributed by atoms with Gasteiger partial charge in [0.2, 0.25) is 0 Å². The number of nitrogens with zero attached hydrogens (tertiary/aromatic N) is 2. The lowest BCUT2D eigenvalue weighted by molar-refractivity contribution is 0.622. The molecule has 0 bridgehead atoms. The molecule has 0 heterocycles. The van der Waals surface area contributed by atoms with Crippen LogP contribution in [0.4, 0.5) is 10.1 Å². The molecule has 2 rings (SSSR count). The molecule has 1 atom stereocenters. The molecule has 2 aromatic carbocycles. The minimum absolute atomic E-state index is 0.106. The number of hydrogen-bond acceptors (Lipinski definition) is 3. The molecule has 0 saturated carbocycles. The van der Waals surface area contributed by atoms with Crippen LogP contribution in [0.15, 0.2) is 48.5 Å². The van der Waals surface area contributed by atoms with Crippen LogP contribution in [0, 0.1) is 17.1 Å². The van der Waals surface area contributed by atoms with E-state index in [1.54, 1.807) is 18.2 Å². The standard InChI is InChI=1S/C16H16FN3/c1-20(15-5-3-2-4-13(15)10-18)16(11-19)12-6-8-14(17)9-7-12/h2-9,16H,11,19H2,1H3. The number of halogens is 1. The monoisotopic (exact) mass is 269 g/mol. The highest BCUT2D eigenvalue weighted by atomic mass is 19.1. The maximum atomic E-state index is 13.0. The van der Waals surface area contributed by atoms with Crippen LogP contribution in [0.3, 0.4) is 0 Å². The van der Waals surface area contributed by atoms with Gasteiger partial charge in [0, 0.05) is 13.6 Å². The molecule has 20 heavy (non-hydrogen) atoms. The van der Waals surface area contributed by atoms with E-state index in [9.17, 15) is 9.65 Å². The van der Waals surface area contributed by atoms with Gasteiger partial charge in [-0.1, -0.05) is 24.3 Å². The van der Waals surface area contributed by atoms with Crippen LogP contribution < -0.4 is 10.6 Å². The SMILES string of the molecule is CN(c1ccccc1C#N)C(CN)c1ccc(F)cc1. The number of nitriles is 1. The Morgan fingerprint density at radius 2 is 1.85 bits per heavy atom. The second kappa shape index (κ2) is 6.18. The average molecular weight is 269 g/mol. The minimum atomic E-state index is -0.274. The fourth-order valence-electron chi connectivity index (χ4n) is 2.25. The summed E-state index contributed by atoms with van der Waals surface area (Å²) in [7, 11) is 1.89. The fraction of sp³-hybridized carbons (Fsp3) is 0.188. The molecule has 0 aliphatic rings. The van der Waals surface area contributed by atoms with Gasteiger partial charge in [-0.25, -0.2) is 4.39 Å². The van der Waals surface area contributed by atoms with Gasteiger partial charge < -0.3 is 10.6 Å². The van der Waals surface area contributed by atoms with Gasteiger partial charge in [0.15, 0.2) is 0 Å². The first-order valence-electron chi connectivity index (χ1n) is 6.35. The Morgan fingerprint density at radius 1 is 1.20 bits per heavy atom. The van der Waals surface area contributed by atoms with Crippen molar-refractivity contribution >= 4 is 5.69 Å². The highest BCUT2D eigenvalue weighted by Gasteiger charge is 2.18. The molecule has 3 nitrogen and oxygen atoms in total. The third-order valence-corrected chi connectivity index (χ3v) is 3.35. The number of nitrogens with two attached hydrogens (primary N) is 1. The summed E-state index contributed by atoms with van der Waals surface area (Å²) in [6, 6.07) is 15.7. The van der Waals surface area contributed by atoms with E-state index in [1.165, 1.54) is 12.1 Å². The third-order valence-electron chi connectivity index (χ3n) is 3.35. The second-order valence-corrected chi connectivity index (χ2v) is 4.54. The lowest BCUT2D eigenvalue weighted by Crippen LogP contribution is -2.30. The van der Waals surface area contributed by atoms with Gasteiger partial charge in [0.25, 0.3) is 0 Å². The molecule has 2 N–H and O–H groups in total. The van der Waals surface area contributed by atoms with Gasteiger partial charge in [-0.3, -0.25) is 0 Å². The Morgan fingerprint density at radius 3 is 2.45 bits per heavy atom. The van der Waals surface area contributed by atoms with E-state index in [0.29, 0.717) is 12.1 Å². The molecule has 102 valence electrons. The van der Waals surface area contributed by atoms with Crippen molar-refractivity contribution in [1.29, 1.82) is 5.26 Å². The van der Waals surface area contributed by atoms with Gasteiger partial charge in [0.05, 0.1) is 17.3 Å². The highest BCUT2D eigenvalue weighted by molar-refractivity contribution is 5.60. The van der Waals surface area contributed by atoms with Crippen LogP contribution >= 0.6 is 0 Å². The van der Waals surface area contributed by atoms with Gasteiger partial charge in [-0.15, -0.1) is 0 Å². The zero-order chi connectivity index (χ0) is 14.5. The predicted molar refractivity (Wildman–Crippen MR) is 77.8 cm³/mol. The van der Waals surface area contributed by atoms with Gasteiger partial charge >= 0.3 is 0 Å². The van der Waals surface area contributed by atoms with Gasteiger partial charge in [0.1, 0.15) is 11.9 Å². The van der Waals surface area contributed by atoms with Crippen molar-refractivity contribution in [2.45, 2.75) is 6.04 Å². The maximum Gasteiger partial charge on any atom is 0.123 e. The Kier molecular flexibility index (Phi) is 4.34. The molecular weight excluding hydrogens is 253 g/mol. The normalized spacial score (nSPS) is 11.7. The number of rotatable bonds is 4. The minimum Gasteiger partial charge on any atom is -0.365 e. The molecule has 0 amide bonds. The number of benzene rings is 2. The Bertz CT molecular complexity index is 616. The molecule has 0 aliphatic carbocycles. The molecule has 0 aromatic heterocycles. The quantitative estimate of drug-likeness (QED) is 0.928. The van der Waals surface area contributed by atoms with Crippen molar-refractivity contribution in [3.8, 4) is 6.07 Å². The summed E-state index contributed by atoms with van der Waals surface area (Å²) in [6.45, 7) is 0.377. The highest BCUT2D eigenvalue weighted by Crippen LogP contribution is 2.27. The Labute approximate surface area is 118 Å². The van der Waals surface area contributed by atoms with E-state index in [4.69, 9.17) is 5.73 Å². The first kappa shape index (κ1) is 14.0. The van der Waals surface area contributed by atoms with E-state index in [-0.39, 0.29) is 11.9 Å². The summed E-state index contributed by atoms with van der Waals surface area (Å²) in [5.41, 5.74) is 8.18. The van der Waals surface area contributed by atoms with Crippen LogP contribution in [0.1, 0.15) is 17.2 Å². The largest absolute Gasteiger partial charge is 0.365 e. The van der Waals surface area contributed by atoms with Crippen molar-refractivity contribution in [3.63, 3.8) is 0 Å². The molecule has 0 saturated heterocycles. The topological polar surface area (TPSA) is 53.0 Å². The van der Waals surface area contributed by atoms with Crippen molar-refractivity contribution in [1.82, 2.24) is 0 Å². The van der Waals surface area contributed by atoms with Gasteiger partial charge in [-0.05, 0) is 29.8 Å². The summed E-state index contributed by atoms with van der Waals surface area (Å²) >= 11 is 0. The van der Waals surface area contributed by atoms with Crippen molar-refractivity contribution in [2.24, 2.45) is 5.73 Å². The maximum absolute atomic E-state index is 13.0. The summed E-state index contributed by atoms with van der Waals surface area (Å²) < 4.78 is 13.0. The van der Waals surface area contributed by atoms with Crippen LogP contribution in [0.5, 0.6) is 0 Å². The number of anilines is 1. The molecule has 0 fully saturated rings. The van der Waals surface area contributed by atoms with E-state index < -0.39 is 0 Å². The molecule has 0 radical (unpaired) electrons. The second-order valence-electron chi connectivity index (χ2n) is 4.54. The molecule has 0 aliphatic heterocycles. The summed E-state index contributed by atoms with van der Waals surface area (Å²) in [5, 5.41) is 9.17. The zero-order valence-corrected chi connectivity index (χ0v) is 11.3. The lowest BCUT2D eigenvalue weighted by atomic mass is 10.0. The van der Waals surface area contributed by atoms with E-state index >= 15 is 0 Å².